The van der Waals surface area contributed by atoms with Gasteiger partial charge >= 0.3 is 5.97 Å². The van der Waals surface area contributed by atoms with Crippen molar-refractivity contribution in [3.63, 3.8) is 0 Å². The highest BCUT2D eigenvalue weighted by Crippen LogP contribution is 2.06. The maximum atomic E-state index is 11.1. The van der Waals surface area contributed by atoms with Gasteiger partial charge in [-0.3, -0.25) is 9.48 Å². The maximum Gasteiger partial charge on any atom is 0.307 e. The largest absolute Gasteiger partial charge is 0.469 e. The SMILES string of the molecule is COC(=O)CCn1cc(S(C)(=O)=O)cn1. The Kier molecular flexibility index (Phi) is 3.46. The molecule has 0 saturated heterocycles. The molecule has 1 rings (SSSR count). The third kappa shape index (κ3) is 3.35. The van der Waals surface area contributed by atoms with Gasteiger partial charge < -0.3 is 4.74 Å². The Morgan fingerprint density at radius 2 is 2.27 bits per heavy atom. The van der Waals surface area contributed by atoms with Crippen LogP contribution < -0.4 is 0 Å². The molecule has 0 spiro atoms. The molecule has 0 aliphatic heterocycles. The Morgan fingerprint density at radius 3 is 2.73 bits per heavy atom. The van der Waals surface area contributed by atoms with Crippen molar-refractivity contribution in [2.45, 2.75) is 17.9 Å². The van der Waals surface area contributed by atoms with Gasteiger partial charge in [-0.25, -0.2) is 8.42 Å². The highest BCUT2D eigenvalue weighted by atomic mass is 32.2. The zero-order valence-corrected chi connectivity index (χ0v) is 9.32. The number of carbonyl (C=O) groups excluding carboxylic acids is 1. The number of sulfone groups is 1. The average Bonchev–Trinajstić information content (AvgIpc) is 2.61. The van der Waals surface area contributed by atoms with E-state index in [0.29, 0.717) is 6.54 Å². The molecule has 1 heterocycles. The summed E-state index contributed by atoms with van der Waals surface area (Å²) >= 11 is 0. The second kappa shape index (κ2) is 4.43. The van der Waals surface area contributed by atoms with Crippen LogP contribution >= 0.6 is 0 Å². The highest BCUT2D eigenvalue weighted by molar-refractivity contribution is 7.90. The van der Waals surface area contributed by atoms with Crippen LogP contribution in [0, 0.1) is 0 Å². The molecule has 0 atom stereocenters. The molecule has 0 bridgehead atoms. The predicted octanol–water partition coefficient (Wildman–Crippen LogP) is -0.150. The van der Waals surface area contributed by atoms with Gasteiger partial charge in [0.15, 0.2) is 9.84 Å². The fraction of sp³-hybridized carbons (Fsp3) is 0.500. The van der Waals surface area contributed by atoms with Gasteiger partial charge in [0.1, 0.15) is 4.90 Å². The molecule has 7 heteroatoms. The van der Waals surface area contributed by atoms with Crippen molar-refractivity contribution in [3.05, 3.63) is 12.4 Å². The van der Waals surface area contributed by atoms with Crippen molar-refractivity contribution in [2.24, 2.45) is 0 Å². The van der Waals surface area contributed by atoms with Crippen LogP contribution in [0.4, 0.5) is 0 Å². The van der Waals surface area contributed by atoms with E-state index in [1.165, 1.54) is 24.2 Å². The first-order valence-electron chi connectivity index (χ1n) is 4.23. The number of methoxy groups -OCH3 is 1. The molecule has 1 aromatic rings. The number of rotatable bonds is 4. The minimum Gasteiger partial charge on any atom is -0.469 e. The van der Waals surface area contributed by atoms with E-state index in [4.69, 9.17) is 0 Å². The van der Waals surface area contributed by atoms with Gasteiger partial charge in [-0.1, -0.05) is 0 Å². The fourth-order valence-corrected chi connectivity index (χ4v) is 1.52. The quantitative estimate of drug-likeness (QED) is 0.674. The van der Waals surface area contributed by atoms with Crippen molar-refractivity contribution in [1.82, 2.24) is 9.78 Å². The van der Waals surface area contributed by atoms with Crippen molar-refractivity contribution in [2.75, 3.05) is 13.4 Å². The Bertz CT molecular complexity index is 449. The molecule has 0 amide bonds. The first-order chi connectivity index (χ1) is 6.93. The first kappa shape index (κ1) is 11.7. The Hall–Kier alpha value is -1.37. The summed E-state index contributed by atoms with van der Waals surface area (Å²) in [4.78, 5) is 11.0. The third-order valence-corrected chi connectivity index (χ3v) is 2.88. The molecule has 0 aliphatic rings. The molecule has 6 nitrogen and oxygen atoms in total. The molecule has 0 saturated carbocycles. The minimum atomic E-state index is -3.23. The van der Waals surface area contributed by atoms with Crippen molar-refractivity contribution in [3.8, 4) is 0 Å². The van der Waals surface area contributed by atoms with Gasteiger partial charge in [0.05, 0.1) is 26.3 Å². The van der Waals surface area contributed by atoms with Crippen LogP contribution in [0.25, 0.3) is 0 Å². The number of esters is 1. The van der Waals surface area contributed by atoms with Crippen molar-refractivity contribution >= 4 is 15.8 Å². The summed E-state index contributed by atoms with van der Waals surface area (Å²) < 4.78 is 28.0. The second-order valence-corrected chi connectivity index (χ2v) is 5.05. The van der Waals surface area contributed by atoms with E-state index in [2.05, 4.69) is 9.84 Å². The summed E-state index contributed by atoms with van der Waals surface area (Å²) in [7, 11) is -1.93. The summed E-state index contributed by atoms with van der Waals surface area (Å²) in [5, 5.41) is 3.82. The number of aromatic nitrogens is 2. The van der Waals surface area contributed by atoms with Gasteiger partial charge in [0.25, 0.3) is 0 Å². The highest BCUT2D eigenvalue weighted by Gasteiger charge is 2.10. The predicted molar refractivity (Wildman–Crippen MR) is 52.0 cm³/mol. The van der Waals surface area contributed by atoms with Crippen molar-refractivity contribution in [1.29, 1.82) is 0 Å². The molecule has 1 aromatic heterocycles. The smallest absolute Gasteiger partial charge is 0.307 e. The number of ether oxygens (including phenoxy) is 1. The van der Waals surface area contributed by atoms with Gasteiger partial charge in [-0.2, -0.15) is 5.10 Å². The molecular formula is C8H12N2O4S. The van der Waals surface area contributed by atoms with Crippen LogP contribution in [-0.2, 0) is 25.9 Å². The molecule has 0 N–H and O–H groups in total. The van der Waals surface area contributed by atoms with Gasteiger partial charge in [0.2, 0.25) is 0 Å². The standard InChI is InChI=1S/C8H12N2O4S/c1-14-8(11)3-4-10-6-7(5-9-10)15(2,12)13/h5-6H,3-4H2,1-2H3. The average molecular weight is 232 g/mol. The molecule has 0 fully saturated rings. The number of carbonyl (C=O) groups is 1. The molecular weight excluding hydrogens is 220 g/mol. The normalized spacial score (nSPS) is 11.3. The van der Waals surface area contributed by atoms with Crippen LogP contribution in [0.15, 0.2) is 17.3 Å². The van der Waals surface area contributed by atoms with Crippen LogP contribution in [0.1, 0.15) is 6.42 Å². The van der Waals surface area contributed by atoms with E-state index < -0.39 is 9.84 Å². The van der Waals surface area contributed by atoms with Crippen LogP contribution in [0.3, 0.4) is 0 Å². The summed E-state index contributed by atoms with van der Waals surface area (Å²) in [5.74, 6) is -0.355. The van der Waals surface area contributed by atoms with Gasteiger partial charge in [0, 0.05) is 12.5 Å². The van der Waals surface area contributed by atoms with E-state index in [9.17, 15) is 13.2 Å². The zero-order chi connectivity index (χ0) is 11.5. The molecule has 0 radical (unpaired) electrons. The van der Waals surface area contributed by atoms with Crippen molar-refractivity contribution < 1.29 is 17.9 Å². The third-order valence-electron chi connectivity index (χ3n) is 1.81. The number of nitrogens with zero attached hydrogens (tertiary/aromatic N) is 2. The Balaban J connectivity index is 2.66. The Labute approximate surface area is 87.8 Å². The number of aryl methyl sites for hydroxylation is 1. The molecule has 15 heavy (non-hydrogen) atoms. The molecule has 0 aliphatic carbocycles. The van der Waals surface area contributed by atoms with E-state index in [-0.39, 0.29) is 17.3 Å². The van der Waals surface area contributed by atoms with Gasteiger partial charge in [-0.15, -0.1) is 0 Å². The molecule has 0 aromatic carbocycles. The lowest BCUT2D eigenvalue weighted by Gasteiger charge is -1.99. The summed E-state index contributed by atoms with van der Waals surface area (Å²) in [6.45, 7) is 0.308. The fourth-order valence-electron chi connectivity index (χ4n) is 0.966. The topological polar surface area (TPSA) is 78.3 Å². The molecule has 84 valence electrons. The lowest BCUT2D eigenvalue weighted by molar-refractivity contribution is -0.140. The summed E-state index contributed by atoms with van der Waals surface area (Å²) in [6.07, 6.45) is 3.92. The van der Waals surface area contributed by atoms with E-state index in [0.717, 1.165) is 6.26 Å². The lowest BCUT2D eigenvalue weighted by atomic mass is 10.4. The van der Waals surface area contributed by atoms with Gasteiger partial charge in [-0.05, 0) is 0 Å². The van der Waals surface area contributed by atoms with Crippen LogP contribution in [-0.4, -0.2) is 37.5 Å². The minimum absolute atomic E-state index is 0.146. The summed E-state index contributed by atoms with van der Waals surface area (Å²) in [6, 6.07) is 0. The number of hydrogen-bond donors (Lipinski definition) is 0. The lowest BCUT2D eigenvalue weighted by Crippen LogP contribution is -2.07. The summed E-state index contributed by atoms with van der Waals surface area (Å²) in [5.41, 5.74) is 0. The van der Waals surface area contributed by atoms with Crippen LogP contribution in [0.5, 0.6) is 0 Å². The van der Waals surface area contributed by atoms with E-state index >= 15 is 0 Å². The maximum absolute atomic E-state index is 11.1. The first-order valence-corrected chi connectivity index (χ1v) is 6.12. The second-order valence-electron chi connectivity index (χ2n) is 3.04. The zero-order valence-electron chi connectivity index (χ0n) is 8.50. The monoisotopic (exact) mass is 232 g/mol. The van der Waals surface area contributed by atoms with Crippen LogP contribution in [0.2, 0.25) is 0 Å². The van der Waals surface area contributed by atoms with E-state index in [1.54, 1.807) is 0 Å². The number of hydrogen-bond acceptors (Lipinski definition) is 5. The van der Waals surface area contributed by atoms with E-state index in [1.807, 2.05) is 0 Å². The Morgan fingerprint density at radius 1 is 1.60 bits per heavy atom. The molecule has 0 unspecified atom stereocenters.